The Kier molecular flexibility index (Phi) is 6.56. The summed E-state index contributed by atoms with van der Waals surface area (Å²) in [6, 6.07) is -0.969. The first-order valence-electron chi connectivity index (χ1n) is 7.04. The van der Waals surface area contributed by atoms with Crippen LogP contribution in [0.4, 0.5) is 0 Å². The van der Waals surface area contributed by atoms with Gasteiger partial charge in [0.25, 0.3) is 0 Å². The maximum Gasteiger partial charge on any atom is 0.240 e. The zero-order valence-corrected chi connectivity index (χ0v) is 11.5. The van der Waals surface area contributed by atoms with Gasteiger partial charge in [-0.25, -0.2) is 0 Å². The molecular weight excluding hydrogens is 242 g/mol. The molecule has 5 heteroatoms. The quantitative estimate of drug-likeness (QED) is 0.506. The van der Waals surface area contributed by atoms with Crippen LogP contribution in [0.5, 0.6) is 0 Å². The van der Waals surface area contributed by atoms with Crippen LogP contribution in [-0.2, 0) is 9.59 Å². The summed E-state index contributed by atoms with van der Waals surface area (Å²) < 4.78 is 0. The predicted octanol–water partition coefficient (Wildman–Crippen LogP) is 0.927. The molecule has 0 radical (unpaired) electrons. The minimum atomic E-state index is -0.510. The number of carbonyl (C=O) groups is 2. The highest BCUT2D eigenvalue weighted by molar-refractivity contribution is 5.89. The highest BCUT2D eigenvalue weighted by Gasteiger charge is 2.34. The van der Waals surface area contributed by atoms with Crippen molar-refractivity contribution < 1.29 is 9.59 Å². The van der Waals surface area contributed by atoms with Crippen LogP contribution in [0.3, 0.4) is 0 Å². The highest BCUT2D eigenvalue weighted by Crippen LogP contribution is 2.18. The largest absolute Gasteiger partial charge is 0.368 e. The Hall–Kier alpha value is -1.36. The molecule has 1 heterocycles. The third-order valence-electron chi connectivity index (χ3n) is 3.60. The van der Waals surface area contributed by atoms with Crippen molar-refractivity contribution in [3.63, 3.8) is 0 Å². The van der Waals surface area contributed by atoms with E-state index in [0.29, 0.717) is 19.4 Å². The third kappa shape index (κ3) is 4.67. The molecular formula is C14H25N3O2. The summed E-state index contributed by atoms with van der Waals surface area (Å²) in [6.07, 6.45) is 8.10. The van der Waals surface area contributed by atoms with Gasteiger partial charge >= 0.3 is 0 Å². The van der Waals surface area contributed by atoms with Gasteiger partial charge in [-0.2, -0.15) is 0 Å². The topological polar surface area (TPSA) is 89.4 Å². The first-order chi connectivity index (χ1) is 9.07. The van der Waals surface area contributed by atoms with Crippen LogP contribution < -0.4 is 11.5 Å². The molecule has 108 valence electrons. The molecule has 0 bridgehead atoms. The van der Waals surface area contributed by atoms with Crippen LogP contribution in [0.25, 0.3) is 0 Å². The van der Waals surface area contributed by atoms with Crippen molar-refractivity contribution in [1.29, 1.82) is 0 Å². The Bertz CT molecular complexity index is 331. The molecule has 19 heavy (non-hydrogen) atoms. The van der Waals surface area contributed by atoms with Gasteiger partial charge in [-0.15, -0.1) is 6.58 Å². The van der Waals surface area contributed by atoms with E-state index in [2.05, 4.69) is 6.58 Å². The van der Waals surface area contributed by atoms with E-state index in [1.807, 2.05) is 6.08 Å². The fraction of sp³-hybridized carbons (Fsp3) is 0.714. The summed E-state index contributed by atoms with van der Waals surface area (Å²) in [5, 5.41) is 0. The first kappa shape index (κ1) is 15.7. The number of rotatable bonds is 8. The van der Waals surface area contributed by atoms with Crippen molar-refractivity contribution in [2.45, 2.75) is 57.0 Å². The lowest BCUT2D eigenvalue weighted by Crippen LogP contribution is -2.50. The lowest BCUT2D eigenvalue weighted by atomic mass is 10.1. The number of allylic oxidation sites excluding steroid dienone is 1. The van der Waals surface area contributed by atoms with Crippen molar-refractivity contribution in [2.24, 2.45) is 11.5 Å². The smallest absolute Gasteiger partial charge is 0.240 e. The van der Waals surface area contributed by atoms with Crippen LogP contribution in [0.2, 0.25) is 0 Å². The summed E-state index contributed by atoms with van der Waals surface area (Å²) in [4.78, 5) is 25.0. The van der Waals surface area contributed by atoms with Gasteiger partial charge in [-0.05, 0) is 32.1 Å². The van der Waals surface area contributed by atoms with E-state index in [-0.39, 0.29) is 5.91 Å². The van der Waals surface area contributed by atoms with Crippen molar-refractivity contribution in [2.75, 3.05) is 6.54 Å². The summed E-state index contributed by atoms with van der Waals surface area (Å²) >= 11 is 0. The second-order valence-corrected chi connectivity index (χ2v) is 5.13. The van der Waals surface area contributed by atoms with E-state index < -0.39 is 18.0 Å². The molecule has 0 aromatic carbocycles. The van der Waals surface area contributed by atoms with Crippen molar-refractivity contribution in [3.05, 3.63) is 12.7 Å². The Labute approximate surface area is 115 Å². The van der Waals surface area contributed by atoms with Crippen molar-refractivity contribution >= 4 is 11.8 Å². The Balaban J connectivity index is 2.35. The Morgan fingerprint density at radius 1 is 1.37 bits per heavy atom. The first-order valence-corrected chi connectivity index (χ1v) is 7.04. The molecule has 0 saturated carbocycles. The maximum absolute atomic E-state index is 12.2. The minimum absolute atomic E-state index is 0.134. The Morgan fingerprint density at radius 3 is 2.74 bits per heavy atom. The van der Waals surface area contributed by atoms with Gasteiger partial charge < -0.3 is 16.4 Å². The summed E-state index contributed by atoms with van der Waals surface area (Å²) in [5.74, 6) is -0.561. The van der Waals surface area contributed by atoms with E-state index >= 15 is 0 Å². The van der Waals surface area contributed by atoms with E-state index in [4.69, 9.17) is 11.5 Å². The molecule has 2 atom stereocenters. The van der Waals surface area contributed by atoms with Crippen LogP contribution in [-0.4, -0.2) is 35.3 Å². The molecule has 1 rings (SSSR count). The SMILES string of the molecule is C=CCCCCC[C@H](N)C(=O)N1CCC[C@H]1C(N)=O. The number of primary amides is 1. The van der Waals surface area contributed by atoms with E-state index in [9.17, 15) is 9.59 Å². The average Bonchev–Trinajstić information content (AvgIpc) is 2.86. The molecule has 0 aromatic heterocycles. The summed E-state index contributed by atoms with van der Waals surface area (Å²) in [6.45, 7) is 4.26. The third-order valence-corrected chi connectivity index (χ3v) is 3.60. The molecule has 1 saturated heterocycles. The zero-order valence-electron chi connectivity index (χ0n) is 11.5. The van der Waals surface area contributed by atoms with Crippen LogP contribution in [0.1, 0.15) is 44.9 Å². The number of amides is 2. The van der Waals surface area contributed by atoms with Gasteiger partial charge in [-0.3, -0.25) is 9.59 Å². The second-order valence-electron chi connectivity index (χ2n) is 5.13. The lowest BCUT2D eigenvalue weighted by Gasteiger charge is -2.25. The molecule has 0 aliphatic carbocycles. The van der Waals surface area contributed by atoms with Gasteiger partial charge in [0.05, 0.1) is 6.04 Å². The molecule has 0 unspecified atom stereocenters. The fourth-order valence-corrected chi connectivity index (χ4v) is 2.49. The van der Waals surface area contributed by atoms with Crippen LogP contribution >= 0.6 is 0 Å². The monoisotopic (exact) mass is 267 g/mol. The number of likely N-dealkylation sites (tertiary alicyclic amines) is 1. The van der Waals surface area contributed by atoms with Crippen LogP contribution in [0, 0.1) is 0 Å². The predicted molar refractivity (Wildman–Crippen MR) is 75.2 cm³/mol. The molecule has 1 aliphatic heterocycles. The number of nitrogens with zero attached hydrogens (tertiary/aromatic N) is 1. The van der Waals surface area contributed by atoms with E-state index in [0.717, 1.165) is 32.1 Å². The number of hydrogen-bond acceptors (Lipinski definition) is 3. The van der Waals surface area contributed by atoms with Crippen LogP contribution in [0.15, 0.2) is 12.7 Å². The van der Waals surface area contributed by atoms with Gasteiger partial charge in [0, 0.05) is 6.54 Å². The van der Waals surface area contributed by atoms with Gasteiger partial charge in [0.1, 0.15) is 6.04 Å². The summed E-state index contributed by atoms with van der Waals surface area (Å²) in [7, 11) is 0. The summed E-state index contributed by atoms with van der Waals surface area (Å²) in [5.41, 5.74) is 11.2. The molecule has 0 aromatic rings. The fourth-order valence-electron chi connectivity index (χ4n) is 2.49. The van der Waals surface area contributed by atoms with Crippen molar-refractivity contribution in [3.8, 4) is 0 Å². The number of carbonyl (C=O) groups excluding carboxylic acids is 2. The maximum atomic E-state index is 12.2. The molecule has 2 amide bonds. The van der Waals surface area contributed by atoms with Gasteiger partial charge in [0.15, 0.2) is 0 Å². The standard InChI is InChI=1S/C14H25N3O2/c1-2-3-4-5-6-8-11(15)14(19)17-10-7-9-12(17)13(16)18/h2,11-12H,1,3-10,15H2,(H2,16,18)/t11-,12-/m0/s1. The lowest BCUT2D eigenvalue weighted by molar-refractivity contribution is -0.138. The molecule has 5 nitrogen and oxygen atoms in total. The van der Waals surface area contributed by atoms with E-state index in [1.54, 1.807) is 4.90 Å². The Morgan fingerprint density at radius 2 is 2.11 bits per heavy atom. The van der Waals surface area contributed by atoms with Crippen molar-refractivity contribution in [1.82, 2.24) is 4.90 Å². The van der Waals surface area contributed by atoms with Gasteiger partial charge in [0.2, 0.25) is 11.8 Å². The average molecular weight is 267 g/mol. The molecule has 1 fully saturated rings. The normalized spacial score (nSPS) is 20.3. The molecule has 0 spiro atoms. The zero-order chi connectivity index (χ0) is 14.3. The highest BCUT2D eigenvalue weighted by atomic mass is 16.2. The number of nitrogens with two attached hydrogens (primary N) is 2. The number of unbranched alkanes of at least 4 members (excludes halogenated alkanes) is 3. The minimum Gasteiger partial charge on any atom is -0.368 e. The van der Waals surface area contributed by atoms with E-state index in [1.165, 1.54) is 0 Å². The molecule has 4 N–H and O–H groups in total. The second kappa shape index (κ2) is 7.94. The molecule has 1 aliphatic rings. The van der Waals surface area contributed by atoms with Gasteiger partial charge in [-0.1, -0.05) is 18.9 Å². The number of hydrogen-bond donors (Lipinski definition) is 2.